The molecule has 0 aliphatic carbocycles. The van der Waals surface area contributed by atoms with Crippen LogP contribution in [0, 0.1) is 6.92 Å². The number of ether oxygens (including phenoxy) is 1. The van der Waals surface area contributed by atoms with Gasteiger partial charge >= 0.3 is 0 Å². The summed E-state index contributed by atoms with van der Waals surface area (Å²) >= 11 is 0. The number of hydrogen-bond donors (Lipinski definition) is 2. The molecule has 0 saturated carbocycles. The van der Waals surface area contributed by atoms with Crippen molar-refractivity contribution in [1.82, 2.24) is 15.4 Å². The van der Waals surface area contributed by atoms with Crippen molar-refractivity contribution in [3.8, 4) is 0 Å². The normalized spacial score (nSPS) is 17.1. The molecule has 3 aromatic carbocycles. The van der Waals surface area contributed by atoms with Crippen molar-refractivity contribution in [3.05, 3.63) is 94.8 Å². The van der Waals surface area contributed by atoms with Gasteiger partial charge in [-0.3, -0.25) is 0 Å². The third-order valence-electron chi connectivity index (χ3n) is 8.41. The van der Waals surface area contributed by atoms with Gasteiger partial charge in [0.2, 0.25) is 0 Å². The van der Waals surface area contributed by atoms with E-state index in [2.05, 4.69) is 96.5 Å². The zero-order valence-corrected chi connectivity index (χ0v) is 24.8. The number of nitrogens with one attached hydrogen (secondary N) is 2. The van der Waals surface area contributed by atoms with Crippen molar-refractivity contribution in [3.63, 3.8) is 0 Å². The molecular weight excluding hydrogens is 490 g/mol. The first kappa shape index (κ1) is 28.2. The largest absolute Gasteiger partial charge is 0.375 e. The summed E-state index contributed by atoms with van der Waals surface area (Å²) in [6.45, 7) is 15.2. The molecule has 4 heteroatoms. The third kappa shape index (κ3) is 5.35. The number of aromatic nitrogens is 1. The van der Waals surface area contributed by atoms with Gasteiger partial charge in [0.25, 0.3) is 0 Å². The fourth-order valence-electron chi connectivity index (χ4n) is 6.56. The zero-order valence-electron chi connectivity index (χ0n) is 24.8. The average Bonchev–Trinajstić information content (AvgIpc) is 3.49. The van der Waals surface area contributed by atoms with E-state index >= 15 is 0 Å². The van der Waals surface area contributed by atoms with Crippen LogP contribution in [0.5, 0.6) is 0 Å². The van der Waals surface area contributed by atoms with Crippen molar-refractivity contribution in [2.45, 2.75) is 78.8 Å². The summed E-state index contributed by atoms with van der Waals surface area (Å²) in [7, 11) is 0. The highest BCUT2D eigenvalue weighted by Crippen LogP contribution is 2.39. The maximum Gasteiger partial charge on any atom is 0.0879 e. The first-order valence-corrected chi connectivity index (χ1v) is 15.2. The number of benzene rings is 3. The van der Waals surface area contributed by atoms with E-state index in [9.17, 15) is 0 Å². The molecule has 0 spiro atoms. The lowest BCUT2D eigenvalue weighted by molar-refractivity contribution is 0.147. The summed E-state index contributed by atoms with van der Waals surface area (Å²) in [5.41, 5.74) is 17.6. The van der Waals surface area contributed by atoms with Crippen LogP contribution in [0.2, 0.25) is 0 Å². The topological polar surface area (TPSA) is 38.2 Å². The number of hydrazine groups is 1. The number of fused-ring (bicyclic) bond motifs is 2. The van der Waals surface area contributed by atoms with Gasteiger partial charge in [-0.1, -0.05) is 75.0 Å². The van der Waals surface area contributed by atoms with Crippen molar-refractivity contribution in [1.29, 1.82) is 0 Å². The average molecular weight is 536 g/mol. The van der Waals surface area contributed by atoms with Crippen LogP contribution in [0.4, 0.5) is 0 Å². The number of aryl methyl sites for hydroxylation is 4. The Morgan fingerprint density at radius 3 is 2.62 bits per heavy atom. The second-order valence-corrected chi connectivity index (χ2v) is 10.9. The minimum Gasteiger partial charge on any atom is -0.375 e. The fourth-order valence-corrected chi connectivity index (χ4v) is 6.56. The Balaban J connectivity index is 0.00000158. The SMILES string of the molecule is C=Cc1c(CCCCc2cccc3ccccc23)c2ccc(C)c3c2n1CCCCOCC1=C3C(C)NN1.CC. The predicted octanol–water partition coefficient (Wildman–Crippen LogP) is 8.36. The molecule has 0 saturated heterocycles. The van der Waals surface area contributed by atoms with E-state index in [1.165, 1.54) is 67.3 Å². The Bertz CT molecular complexity index is 1520. The molecular formula is C36H45N3O. The minimum atomic E-state index is 0.221. The van der Waals surface area contributed by atoms with Crippen LogP contribution in [0.15, 0.2) is 66.9 Å². The summed E-state index contributed by atoms with van der Waals surface area (Å²) in [5, 5.41) is 4.11. The molecule has 4 aromatic rings. The van der Waals surface area contributed by atoms with Crippen molar-refractivity contribution in [2.75, 3.05) is 13.2 Å². The molecule has 2 N–H and O–H groups in total. The quantitative estimate of drug-likeness (QED) is 0.244. The molecule has 1 aromatic heterocycles. The first-order chi connectivity index (χ1) is 19.7. The van der Waals surface area contributed by atoms with Crippen molar-refractivity contribution < 1.29 is 4.74 Å². The van der Waals surface area contributed by atoms with Crippen LogP contribution < -0.4 is 10.9 Å². The van der Waals surface area contributed by atoms with Gasteiger partial charge in [-0.05, 0) is 85.9 Å². The smallest absolute Gasteiger partial charge is 0.0879 e. The molecule has 2 aliphatic rings. The van der Waals surface area contributed by atoms with Crippen LogP contribution in [0.1, 0.15) is 74.4 Å². The Morgan fingerprint density at radius 2 is 1.77 bits per heavy atom. The molecule has 0 amide bonds. The van der Waals surface area contributed by atoms with E-state index in [-0.39, 0.29) is 6.04 Å². The standard InChI is InChI=1S/C34H39N3O.C2H6/c1-4-31-28(17-8-6-13-26-15-11-14-25-12-5-7-16-27(25)26)29-19-18-23(2)32-33-24(3)35-36-30(33)22-38-21-10-9-20-37(31)34(29)32;1-2/h4-5,7,11-12,14-16,18-19,24,35-36H,1,6,8-10,13,17,20-22H2,2-3H3;1-2H3. The maximum absolute atomic E-state index is 6.06. The number of nitrogens with zero attached hydrogens (tertiary/aromatic N) is 1. The number of rotatable bonds is 6. The van der Waals surface area contributed by atoms with Gasteiger partial charge in [-0.15, -0.1) is 0 Å². The molecule has 40 heavy (non-hydrogen) atoms. The number of unbranched alkanes of at least 4 members (excludes halogenated alkanes) is 1. The molecule has 0 radical (unpaired) electrons. The van der Waals surface area contributed by atoms with Gasteiger partial charge in [-0.25, -0.2) is 5.43 Å². The minimum absolute atomic E-state index is 0.221. The number of hydrogen-bond acceptors (Lipinski definition) is 3. The second-order valence-electron chi connectivity index (χ2n) is 10.9. The van der Waals surface area contributed by atoms with E-state index in [0.29, 0.717) is 6.61 Å². The molecule has 6 rings (SSSR count). The molecule has 210 valence electrons. The molecule has 4 nitrogen and oxygen atoms in total. The fraction of sp³-hybridized carbons (Fsp3) is 0.389. The summed E-state index contributed by atoms with van der Waals surface area (Å²) < 4.78 is 8.62. The van der Waals surface area contributed by atoms with E-state index < -0.39 is 0 Å². The Morgan fingerprint density at radius 1 is 0.975 bits per heavy atom. The van der Waals surface area contributed by atoms with Gasteiger partial charge in [0.15, 0.2) is 0 Å². The third-order valence-corrected chi connectivity index (χ3v) is 8.41. The maximum atomic E-state index is 6.06. The lowest BCUT2D eigenvalue weighted by atomic mass is 9.91. The molecule has 2 aliphatic heterocycles. The van der Waals surface area contributed by atoms with Gasteiger partial charge in [0.1, 0.15) is 0 Å². The second kappa shape index (κ2) is 12.9. The van der Waals surface area contributed by atoms with Gasteiger partial charge in [0, 0.05) is 35.4 Å². The highest BCUT2D eigenvalue weighted by molar-refractivity contribution is 5.99. The van der Waals surface area contributed by atoms with E-state index in [1.807, 2.05) is 13.8 Å². The van der Waals surface area contributed by atoms with E-state index in [0.717, 1.165) is 45.3 Å². The molecule has 1 unspecified atom stereocenters. The predicted molar refractivity (Wildman–Crippen MR) is 171 cm³/mol. The lowest BCUT2D eigenvalue weighted by Gasteiger charge is -2.17. The van der Waals surface area contributed by atoms with Crippen LogP contribution >= 0.6 is 0 Å². The van der Waals surface area contributed by atoms with Gasteiger partial charge in [-0.2, -0.15) is 0 Å². The highest BCUT2D eigenvalue weighted by atomic mass is 16.5. The lowest BCUT2D eigenvalue weighted by Crippen LogP contribution is -2.31. The zero-order chi connectivity index (χ0) is 28.1. The Kier molecular flexibility index (Phi) is 9.08. The summed E-state index contributed by atoms with van der Waals surface area (Å²) in [5.74, 6) is 0. The first-order valence-electron chi connectivity index (χ1n) is 15.2. The van der Waals surface area contributed by atoms with Crippen LogP contribution in [0.25, 0.3) is 33.3 Å². The van der Waals surface area contributed by atoms with Crippen molar-refractivity contribution in [2.24, 2.45) is 0 Å². The summed E-state index contributed by atoms with van der Waals surface area (Å²) in [6, 6.07) is 20.3. The van der Waals surface area contributed by atoms with Gasteiger partial charge in [0.05, 0.1) is 23.9 Å². The molecule has 3 heterocycles. The summed E-state index contributed by atoms with van der Waals surface area (Å²) in [4.78, 5) is 0. The van der Waals surface area contributed by atoms with Crippen LogP contribution in [-0.2, 0) is 24.1 Å². The molecule has 1 atom stereocenters. The molecule has 0 bridgehead atoms. The Labute approximate surface area is 240 Å². The monoisotopic (exact) mass is 535 g/mol. The van der Waals surface area contributed by atoms with Gasteiger partial charge < -0.3 is 14.7 Å². The van der Waals surface area contributed by atoms with Crippen molar-refractivity contribution >= 4 is 33.3 Å². The van der Waals surface area contributed by atoms with E-state index in [4.69, 9.17) is 4.74 Å². The Hall–Kier alpha value is -3.34. The van der Waals surface area contributed by atoms with Crippen LogP contribution in [0.3, 0.4) is 0 Å². The highest BCUT2D eigenvalue weighted by Gasteiger charge is 2.29. The van der Waals surface area contributed by atoms with E-state index in [1.54, 1.807) is 0 Å². The molecule has 0 fully saturated rings. The van der Waals surface area contributed by atoms with Crippen LogP contribution in [-0.4, -0.2) is 23.8 Å². The summed E-state index contributed by atoms with van der Waals surface area (Å²) in [6.07, 6.45) is 8.77.